The van der Waals surface area contributed by atoms with Gasteiger partial charge in [0.15, 0.2) is 0 Å². The van der Waals surface area contributed by atoms with Crippen LogP contribution in [-0.4, -0.2) is 49.8 Å². The van der Waals surface area contributed by atoms with Gasteiger partial charge in [0.25, 0.3) is 0 Å². The Kier molecular flexibility index (Phi) is 7.18. The molecule has 2 fully saturated rings. The zero-order valence-corrected chi connectivity index (χ0v) is 17.4. The van der Waals surface area contributed by atoms with E-state index in [0.717, 1.165) is 45.5 Å². The van der Waals surface area contributed by atoms with E-state index in [0.29, 0.717) is 13.0 Å². The molecule has 2 atom stereocenters. The second-order valence-corrected chi connectivity index (χ2v) is 8.48. The number of fused-ring (bicyclic) bond motifs is 1. The van der Waals surface area contributed by atoms with Crippen molar-refractivity contribution in [2.24, 2.45) is 5.92 Å². The van der Waals surface area contributed by atoms with Gasteiger partial charge in [0.2, 0.25) is 0 Å². The van der Waals surface area contributed by atoms with E-state index >= 15 is 0 Å². The van der Waals surface area contributed by atoms with Crippen LogP contribution in [0.5, 0.6) is 0 Å². The molecule has 4 heteroatoms. The van der Waals surface area contributed by atoms with Gasteiger partial charge in [0, 0.05) is 13.2 Å². The highest BCUT2D eigenvalue weighted by Crippen LogP contribution is 2.27. The van der Waals surface area contributed by atoms with Crippen molar-refractivity contribution in [3.63, 3.8) is 0 Å². The Labute approximate surface area is 174 Å². The van der Waals surface area contributed by atoms with Gasteiger partial charge in [-0.3, -0.25) is 9.69 Å². The molecule has 29 heavy (non-hydrogen) atoms. The van der Waals surface area contributed by atoms with E-state index in [1.807, 2.05) is 0 Å². The molecule has 0 aliphatic carbocycles. The van der Waals surface area contributed by atoms with Crippen molar-refractivity contribution in [1.29, 1.82) is 0 Å². The molecule has 0 N–H and O–H groups in total. The fourth-order valence-electron chi connectivity index (χ4n) is 4.72. The molecule has 2 heterocycles. The summed E-state index contributed by atoms with van der Waals surface area (Å²) in [5, 5.41) is 2.45. The average molecular weight is 396 g/mol. The molecule has 2 unspecified atom stereocenters. The molecular weight excluding hydrogens is 362 g/mol. The molecule has 2 aromatic rings. The number of carbonyl (C=O) groups excluding carboxylic acids is 1. The lowest BCUT2D eigenvalue weighted by molar-refractivity contribution is -0.150. The van der Waals surface area contributed by atoms with E-state index in [1.54, 1.807) is 0 Å². The zero-order chi connectivity index (χ0) is 19.9. The monoisotopic (exact) mass is 395 g/mol. The van der Waals surface area contributed by atoms with Crippen molar-refractivity contribution in [2.45, 2.75) is 51.0 Å². The molecule has 4 nitrogen and oxygen atoms in total. The fraction of sp³-hybridized carbons (Fsp3) is 0.560. The van der Waals surface area contributed by atoms with Crippen LogP contribution in [0.15, 0.2) is 42.5 Å². The molecule has 0 aromatic heterocycles. The number of piperidine rings is 1. The van der Waals surface area contributed by atoms with Gasteiger partial charge in [-0.25, -0.2) is 0 Å². The van der Waals surface area contributed by atoms with Crippen LogP contribution < -0.4 is 0 Å². The second kappa shape index (κ2) is 10.2. The third-order valence-corrected chi connectivity index (χ3v) is 6.35. The van der Waals surface area contributed by atoms with Crippen molar-refractivity contribution < 1.29 is 14.3 Å². The van der Waals surface area contributed by atoms with Gasteiger partial charge in [-0.15, -0.1) is 0 Å². The summed E-state index contributed by atoms with van der Waals surface area (Å²) in [6.45, 7) is 4.43. The lowest BCUT2D eigenvalue weighted by Crippen LogP contribution is -2.34. The highest BCUT2D eigenvalue weighted by atomic mass is 16.5. The average Bonchev–Trinajstić information content (AvgIpc) is 3.27. The van der Waals surface area contributed by atoms with Crippen LogP contribution >= 0.6 is 0 Å². The Hall–Kier alpha value is -1.91. The molecule has 2 aromatic carbocycles. The lowest BCUT2D eigenvalue weighted by Gasteiger charge is -2.26. The van der Waals surface area contributed by atoms with E-state index in [2.05, 4.69) is 47.4 Å². The summed E-state index contributed by atoms with van der Waals surface area (Å²) in [4.78, 5) is 15.4. The number of carbonyl (C=O) groups is 1. The third kappa shape index (κ3) is 5.58. The quantitative estimate of drug-likeness (QED) is 0.613. The van der Waals surface area contributed by atoms with Crippen LogP contribution in [-0.2, 0) is 20.7 Å². The van der Waals surface area contributed by atoms with Gasteiger partial charge in [-0.05, 0) is 68.0 Å². The maximum absolute atomic E-state index is 13.0. The number of likely N-dealkylation sites (tertiary alicyclic amines) is 1. The maximum Gasteiger partial charge on any atom is 0.309 e. The molecule has 2 aliphatic rings. The predicted octanol–water partition coefficient (Wildman–Crippen LogP) is 4.60. The number of hydrogen-bond donors (Lipinski definition) is 0. The topological polar surface area (TPSA) is 38.8 Å². The van der Waals surface area contributed by atoms with E-state index in [-0.39, 0.29) is 18.0 Å². The Morgan fingerprint density at radius 2 is 1.90 bits per heavy atom. The first-order valence-electron chi connectivity index (χ1n) is 11.3. The summed E-state index contributed by atoms with van der Waals surface area (Å²) in [5.74, 6) is -0.212. The van der Waals surface area contributed by atoms with Crippen LogP contribution in [0.4, 0.5) is 0 Å². The molecule has 0 saturated carbocycles. The van der Waals surface area contributed by atoms with E-state index < -0.39 is 0 Å². The largest absolute Gasteiger partial charge is 0.464 e. The number of benzene rings is 2. The SMILES string of the molecule is O=C(OCCN1CCCCC1)C(Cc1cccc2ccccc12)CC1CCCO1. The number of nitrogens with zero attached hydrogens (tertiary/aromatic N) is 1. The first-order valence-corrected chi connectivity index (χ1v) is 11.3. The number of esters is 1. The molecule has 0 amide bonds. The standard InChI is InChI=1S/C25H33NO3/c27-25(29-17-15-26-13-4-1-5-14-26)22(19-23-11-7-16-28-23)18-21-10-6-9-20-8-2-3-12-24(20)21/h2-3,6,8-10,12,22-23H,1,4-5,7,11,13-19H2. The fourth-order valence-corrected chi connectivity index (χ4v) is 4.72. The molecule has 0 bridgehead atoms. The van der Waals surface area contributed by atoms with Gasteiger partial charge in [0.05, 0.1) is 12.0 Å². The van der Waals surface area contributed by atoms with Crippen LogP contribution in [0.3, 0.4) is 0 Å². The summed E-state index contributed by atoms with van der Waals surface area (Å²) in [6.07, 6.45) is 7.64. The van der Waals surface area contributed by atoms with Crippen molar-refractivity contribution in [1.82, 2.24) is 4.90 Å². The molecular formula is C25H33NO3. The molecule has 4 rings (SSSR count). The maximum atomic E-state index is 13.0. The first-order chi connectivity index (χ1) is 14.3. The van der Waals surface area contributed by atoms with Gasteiger partial charge in [0.1, 0.15) is 6.61 Å². The van der Waals surface area contributed by atoms with Crippen LogP contribution in [0.25, 0.3) is 10.8 Å². The number of hydrogen-bond acceptors (Lipinski definition) is 4. The minimum absolute atomic E-state index is 0.0644. The smallest absolute Gasteiger partial charge is 0.309 e. The second-order valence-electron chi connectivity index (χ2n) is 8.48. The molecule has 2 saturated heterocycles. The normalized spacial score (nSPS) is 21.3. The summed E-state index contributed by atoms with van der Waals surface area (Å²) in [6, 6.07) is 14.8. The van der Waals surface area contributed by atoms with Crippen LogP contribution in [0.1, 0.15) is 44.1 Å². The zero-order valence-electron chi connectivity index (χ0n) is 17.4. The first kappa shape index (κ1) is 20.4. The molecule has 0 radical (unpaired) electrons. The number of ether oxygens (including phenoxy) is 2. The van der Waals surface area contributed by atoms with Crippen LogP contribution in [0.2, 0.25) is 0 Å². The molecule has 2 aliphatic heterocycles. The summed E-state index contributed by atoms with van der Waals surface area (Å²) in [5.41, 5.74) is 1.22. The van der Waals surface area contributed by atoms with E-state index in [1.165, 1.54) is 35.6 Å². The summed E-state index contributed by atoms with van der Waals surface area (Å²) < 4.78 is 11.6. The third-order valence-electron chi connectivity index (χ3n) is 6.35. The highest BCUT2D eigenvalue weighted by molar-refractivity contribution is 5.86. The Morgan fingerprint density at radius 1 is 1.07 bits per heavy atom. The van der Waals surface area contributed by atoms with Crippen molar-refractivity contribution in [3.8, 4) is 0 Å². The minimum atomic E-state index is -0.148. The Morgan fingerprint density at radius 3 is 2.72 bits per heavy atom. The summed E-state index contributed by atoms with van der Waals surface area (Å²) in [7, 11) is 0. The van der Waals surface area contributed by atoms with Gasteiger partial charge >= 0.3 is 5.97 Å². The van der Waals surface area contributed by atoms with Gasteiger partial charge in [-0.1, -0.05) is 48.9 Å². The lowest BCUT2D eigenvalue weighted by atomic mass is 9.90. The van der Waals surface area contributed by atoms with Gasteiger partial charge < -0.3 is 9.47 Å². The Balaban J connectivity index is 1.41. The molecule has 156 valence electrons. The minimum Gasteiger partial charge on any atom is -0.464 e. The van der Waals surface area contributed by atoms with Gasteiger partial charge in [-0.2, -0.15) is 0 Å². The van der Waals surface area contributed by atoms with Crippen molar-refractivity contribution >= 4 is 16.7 Å². The Bertz CT molecular complexity index is 788. The predicted molar refractivity (Wildman–Crippen MR) is 116 cm³/mol. The highest BCUT2D eigenvalue weighted by Gasteiger charge is 2.28. The van der Waals surface area contributed by atoms with Crippen molar-refractivity contribution in [2.75, 3.05) is 32.8 Å². The molecule has 0 spiro atoms. The van der Waals surface area contributed by atoms with E-state index in [9.17, 15) is 4.79 Å². The summed E-state index contributed by atoms with van der Waals surface area (Å²) >= 11 is 0. The van der Waals surface area contributed by atoms with Crippen molar-refractivity contribution in [3.05, 3.63) is 48.0 Å². The number of rotatable bonds is 8. The van der Waals surface area contributed by atoms with Crippen LogP contribution in [0, 0.1) is 5.92 Å². The van der Waals surface area contributed by atoms with E-state index in [4.69, 9.17) is 9.47 Å².